The Morgan fingerprint density at radius 2 is 1.66 bits per heavy atom. The molecule has 2 aromatic rings. The molecule has 4 rings (SSSR count). The van der Waals surface area contributed by atoms with Crippen molar-refractivity contribution in [1.82, 2.24) is 10.2 Å². The number of unbranched alkanes of at least 4 members (excludes halogenated alkanes) is 4. The van der Waals surface area contributed by atoms with Crippen molar-refractivity contribution >= 4 is 23.2 Å². The fraction of sp³-hybridized carbons (Fsp3) is 0.588. The predicted molar refractivity (Wildman–Crippen MR) is 168 cm³/mol. The van der Waals surface area contributed by atoms with Gasteiger partial charge in [-0.05, 0) is 68.3 Å². The largest absolute Gasteiger partial charge is 0.379 e. The van der Waals surface area contributed by atoms with Crippen LogP contribution in [0.5, 0.6) is 0 Å². The summed E-state index contributed by atoms with van der Waals surface area (Å²) < 4.78 is 5.44. The van der Waals surface area contributed by atoms with E-state index in [9.17, 15) is 9.59 Å². The number of piperidine rings is 1. The monoisotopic (exact) mass is 562 g/mol. The lowest BCUT2D eigenvalue weighted by Crippen LogP contribution is -2.38. The van der Waals surface area contributed by atoms with E-state index in [1.165, 1.54) is 24.8 Å². The van der Waals surface area contributed by atoms with Gasteiger partial charge in [-0.3, -0.25) is 14.5 Å². The number of anilines is 2. The number of amides is 2. The molecule has 2 saturated heterocycles. The third-order valence-corrected chi connectivity index (χ3v) is 8.40. The molecule has 0 unspecified atom stereocenters. The van der Waals surface area contributed by atoms with Crippen molar-refractivity contribution < 1.29 is 14.3 Å². The van der Waals surface area contributed by atoms with Crippen LogP contribution in [-0.4, -0.2) is 69.2 Å². The summed E-state index contributed by atoms with van der Waals surface area (Å²) in [4.78, 5) is 30.9. The number of morpholine rings is 1. The van der Waals surface area contributed by atoms with Crippen LogP contribution in [0.3, 0.4) is 0 Å². The average Bonchev–Trinajstić information content (AvgIpc) is 3.00. The predicted octanol–water partition coefficient (Wildman–Crippen LogP) is 5.90. The molecule has 41 heavy (non-hydrogen) atoms. The zero-order valence-electron chi connectivity index (χ0n) is 25.0. The van der Waals surface area contributed by atoms with E-state index in [4.69, 9.17) is 4.74 Å². The van der Waals surface area contributed by atoms with Crippen molar-refractivity contribution in [2.75, 3.05) is 62.7 Å². The molecule has 2 aliphatic rings. The number of hydrogen-bond donors (Lipinski definition) is 2. The van der Waals surface area contributed by atoms with Crippen LogP contribution in [0.4, 0.5) is 11.4 Å². The fourth-order valence-corrected chi connectivity index (χ4v) is 5.93. The molecule has 0 atom stereocenters. The molecule has 2 amide bonds. The topological polar surface area (TPSA) is 73.9 Å². The summed E-state index contributed by atoms with van der Waals surface area (Å²) in [5.74, 6) is 0.610. The van der Waals surface area contributed by atoms with E-state index in [1.807, 2.05) is 18.2 Å². The maximum Gasteiger partial charge on any atom is 0.253 e. The third kappa shape index (κ3) is 10.5. The van der Waals surface area contributed by atoms with Gasteiger partial charge >= 0.3 is 0 Å². The van der Waals surface area contributed by atoms with Gasteiger partial charge in [0.1, 0.15) is 0 Å². The normalized spacial score (nSPS) is 16.5. The minimum Gasteiger partial charge on any atom is -0.379 e. The lowest BCUT2D eigenvalue weighted by molar-refractivity contribution is -0.116. The van der Waals surface area contributed by atoms with E-state index in [0.717, 1.165) is 90.1 Å². The molecule has 0 saturated carbocycles. The third-order valence-electron chi connectivity index (χ3n) is 8.40. The van der Waals surface area contributed by atoms with Gasteiger partial charge in [0, 0.05) is 50.5 Å². The minimum absolute atomic E-state index is 0.0212. The molecule has 0 bridgehead atoms. The molecule has 7 nitrogen and oxygen atoms in total. The van der Waals surface area contributed by atoms with Crippen LogP contribution in [0, 0.1) is 5.92 Å². The van der Waals surface area contributed by atoms with E-state index in [2.05, 4.69) is 57.7 Å². The highest BCUT2D eigenvalue weighted by Crippen LogP contribution is 2.30. The Hall–Kier alpha value is -2.90. The van der Waals surface area contributed by atoms with Gasteiger partial charge in [0.2, 0.25) is 5.91 Å². The van der Waals surface area contributed by atoms with E-state index in [0.29, 0.717) is 30.1 Å². The van der Waals surface area contributed by atoms with Crippen molar-refractivity contribution in [3.63, 3.8) is 0 Å². The molecule has 0 aliphatic carbocycles. The van der Waals surface area contributed by atoms with Gasteiger partial charge in [-0.1, -0.05) is 62.9 Å². The molecule has 2 fully saturated rings. The first-order chi connectivity index (χ1) is 20.1. The molecule has 0 radical (unpaired) electrons. The van der Waals surface area contributed by atoms with Gasteiger partial charge in [-0.2, -0.15) is 0 Å². The highest BCUT2D eigenvalue weighted by atomic mass is 16.5. The molecule has 7 heteroatoms. The molecule has 2 aromatic carbocycles. The molecular weight excluding hydrogens is 512 g/mol. The van der Waals surface area contributed by atoms with Crippen LogP contribution in [0.2, 0.25) is 0 Å². The second-order valence-electron chi connectivity index (χ2n) is 11.6. The van der Waals surface area contributed by atoms with Gasteiger partial charge < -0.3 is 20.3 Å². The molecular formula is C34H50N4O3. The first kappa shape index (κ1) is 31.0. The van der Waals surface area contributed by atoms with E-state index in [1.54, 1.807) is 0 Å². The molecule has 0 spiro atoms. The first-order valence-electron chi connectivity index (χ1n) is 15.9. The number of carbonyl (C=O) groups is 2. The van der Waals surface area contributed by atoms with Crippen LogP contribution in [0.15, 0.2) is 48.5 Å². The number of carbonyl (C=O) groups excluding carboxylic acids is 2. The molecule has 224 valence electrons. The van der Waals surface area contributed by atoms with Crippen molar-refractivity contribution in [2.24, 2.45) is 5.92 Å². The van der Waals surface area contributed by atoms with Gasteiger partial charge in [-0.25, -0.2) is 0 Å². The maximum absolute atomic E-state index is 13.5. The smallest absolute Gasteiger partial charge is 0.253 e. The summed E-state index contributed by atoms with van der Waals surface area (Å²) >= 11 is 0. The number of ether oxygens (including phenoxy) is 1. The zero-order valence-corrected chi connectivity index (χ0v) is 25.0. The number of benzene rings is 2. The summed E-state index contributed by atoms with van der Waals surface area (Å²) in [7, 11) is 0. The summed E-state index contributed by atoms with van der Waals surface area (Å²) in [6.45, 7) is 9.13. The first-order valence-corrected chi connectivity index (χ1v) is 15.9. The Labute approximate surface area is 247 Å². The number of hydrogen-bond acceptors (Lipinski definition) is 5. The Morgan fingerprint density at radius 3 is 2.41 bits per heavy atom. The Balaban J connectivity index is 1.36. The Bertz CT molecular complexity index is 1060. The second-order valence-corrected chi connectivity index (χ2v) is 11.6. The van der Waals surface area contributed by atoms with Crippen LogP contribution in [0.1, 0.15) is 80.6 Å². The second kappa shape index (κ2) is 17.1. The van der Waals surface area contributed by atoms with Crippen LogP contribution >= 0.6 is 0 Å². The number of rotatable bonds is 15. The Kier molecular flexibility index (Phi) is 13.0. The standard InChI is InChI=1S/C34H50N4O3/c1-2-3-4-5-9-13-33(39)36-30-14-15-32(38-20-16-29(17-21-38)26-28-11-7-6-8-12-28)31(27-30)34(40)35-18-10-19-37-22-24-41-25-23-37/h6-8,11-12,14-15,27,29H,2-5,9-10,13,16-26H2,1H3,(H,35,40)(H,36,39). The Morgan fingerprint density at radius 1 is 0.902 bits per heavy atom. The summed E-state index contributed by atoms with van der Waals surface area (Å²) in [6, 6.07) is 16.6. The SMILES string of the molecule is CCCCCCCC(=O)Nc1ccc(N2CCC(Cc3ccccc3)CC2)c(C(=O)NCCCN2CCOCC2)c1. The highest BCUT2D eigenvalue weighted by molar-refractivity contribution is 6.02. The summed E-state index contributed by atoms with van der Waals surface area (Å²) in [6.07, 6.45) is 10.3. The fourth-order valence-electron chi connectivity index (χ4n) is 5.93. The highest BCUT2D eigenvalue weighted by Gasteiger charge is 2.24. The van der Waals surface area contributed by atoms with Gasteiger partial charge in [0.15, 0.2) is 0 Å². The van der Waals surface area contributed by atoms with E-state index >= 15 is 0 Å². The zero-order chi connectivity index (χ0) is 28.7. The van der Waals surface area contributed by atoms with Gasteiger partial charge in [0.25, 0.3) is 5.91 Å². The quantitative estimate of drug-likeness (QED) is 0.265. The van der Waals surface area contributed by atoms with Crippen molar-refractivity contribution in [1.29, 1.82) is 0 Å². The van der Waals surface area contributed by atoms with Crippen molar-refractivity contribution in [2.45, 2.75) is 71.1 Å². The van der Waals surface area contributed by atoms with Gasteiger partial charge in [0.05, 0.1) is 18.8 Å². The number of nitrogens with zero attached hydrogens (tertiary/aromatic N) is 2. The maximum atomic E-state index is 13.5. The molecule has 2 heterocycles. The van der Waals surface area contributed by atoms with Crippen LogP contribution in [-0.2, 0) is 16.0 Å². The average molecular weight is 563 g/mol. The lowest BCUT2D eigenvalue weighted by atomic mass is 9.89. The summed E-state index contributed by atoms with van der Waals surface area (Å²) in [5.41, 5.74) is 3.71. The van der Waals surface area contributed by atoms with Crippen LogP contribution in [0.25, 0.3) is 0 Å². The molecule has 2 N–H and O–H groups in total. The minimum atomic E-state index is -0.0657. The van der Waals surface area contributed by atoms with E-state index in [-0.39, 0.29) is 11.8 Å². The van der Waals surface area contributed by atoms with Crippen molar-refractivity contribution in [3.05, 3.63) is 59.7 Å². The van der Waals surface area contributed by atoms with Crippen molar-refractivity contribution in [3.8, 4) is 0 Å². The lowest BCUT2D eigenvalue weighted by Gasteiger charge is -2.35. The molecule has 0 aromatic heterocycles. The van der Waals surface area contributed by atoms with Gasteiger partial charge in [-0.15, -0.1) is 0 Å². The van der Waals surface area contributed by atoms with Crippen LogP contribution < -0.4 is 15.5 Å². The van der Waals surface area contributed by atoms with E-state index < -0.39 is 0 Å². The number of nitrogens with one attached hydrogen (secondary N) is 2. The molecule has 2 aliphatic heterocycles. The summed E-state index contributed by atoms with van der Waals surface area (Å²) in [5, 5.41) is 6.20.